The van der Waals surface area contributed by atoms with Crippen LogP contribution in [0.5, 0.6) is 0 Å². The van der Waals surface area contributed by atoms with Gasteiger partial charge in [-0.2, -0.15) is 0 Å². The van der Waals surface area contributed by atoms with Crippen molar-refractivity contribution in [3.05, 3.63) is 65.7 Å². The second-order valence-corrected chi connectivity index (χ2v) is 9.51. The molecule has 3 nitrogen and oxygen atoms in total. The van der Waals surface area contributed by atoms with Gasteiger partial charge in [-0.05, 0) is 92.3 Å². The SMILES string of the molecule is c1cc(-c2oc(C3CCCN(CC4CC4)C3)cc2-c2ccc3c(c2)CCC3)ccn1. The summed E-state index contributed by atoms with van der Waals surface area (Å²) in [7, 11) is 0. The van der Waals surface area contributed by atoms with Crippen molar-refractivity contribution in [1.82, 2.24) is 9.88 Å². The second kappa shape index (κ2) is 7.70. The summed E-state index contributed by atoms with van der Waals surface area (Å²) in [5.41, 5.74) is 6.70. The van der Waals surface area contributed by atoms with Crippen molar-refractivity contribution in [3.63, 3.8) is 0 Å². The van der Waals surface area contributed by atoms with Crippen LogP contribution in [-0.4, -0.2) is 29.5 Å². The van der Waals surface area contributed by atoms with Crippen LogP contribution in [0.1, 0.15) is 54.9 Å². The van der Waals surface area contributed by atoms with E-state index in [1.54, 1.807) is 0 Å². The van der Waals surface area contributed by atoms with Gasteiger partial charge in [-0.25, -0.2) is 0 Å². The summed E-state index contributed by atoms with van der Waals surface area (Å²) in [6.07, 6.45) is 12.8. The highest BCUT2D eigenvalue weighted by Crippen LogP contribution is 2.41. The third-order valence-electron chi connectivity index (χ3n) is 7.22. The van der Waals surface area contributed by atoms with Crippen LogP contribution < -0.4 is 0 Å². The maximum absolute atomic E-state index is 6.63. The molecule has 1 saturated carbocycles. The van der Waals surface area contributed by atoms with Crippen LogP contribution in [0.2, 0.25) is 0 Å². The van der Waals surface area contributed by atoms with Crippen LogP contribution in [0.3, 0.4) is 0 Å². The Morgan fingerprint density at radius 2 is 1.77 bits per heavy atom. The number of rotatable bonds is 5. The van der Waals surface area contributed by atoms with E-state index in [0.717, 1.165) is 29.5 Å². The first-order chi connectivity index (χ1) is 14.8. The van der Waals surface area contributed by atoms with E-state index >= 15 is 0 Å². The molecule has 30 heavy (non-hydrogen) atoms. The van der Waals surface area contributed by atoms with Crippen LogP contribution in [0.25, 0.3) is 22.5 Å². The number of benzene rings is 1. The molecule has 1 saturated heterocycles. The molecule has 3 aliphatic rings. The molecule has 1 aliphatic heterocycles. The van der Waals surface area contributed by atoms with Gasteiger partial charge in [0.05, 0.1) is 0 Å². The zero-order valence-corrected chi connectivity index (χ0v) is 17.6. The third-order valence-corrected chi connectivity index (χ3v) is 7.22. The minimum atomic E-state index is 0.501. The Balaban J connectivity index is 1.37. The van der Waals surface area contributed by atoms with Gasteiger partial charge < -0.3 is 9.32 Å². The van der Waals surface area contributed by atoms with Crippen LogP contribution in [0, 0.1) is 5.92 Å². The summed E-state index contributed by atoms with van der Waals surface area (Å²) in [5.74, 6) is 3.62. The Kier molecular flexibility index (Phi) is 4.72. The number of nitrogens with zero attached hydrogens (tertiary/aromatic N) is 2. The van der Waals surface area contributed by atoms with Gasteiger partial charge in [0, 0.05) is 42.5 Å². The second-order valence-electron chi connectivity index (χ2n) is 9.51. The standard InChI is InChI=1S/C27H30N2O/c1-3-20-8-9-23(15-22(20)4-1)25-16-26(30-27(25)21-10-12-28-13-11-21)24-5-2-14-29(18-24)17-19-6-7-19/h8-13,15-16,19,24H,1-7,14,17-18H2. The van der Waals surface area contributed by atoms with Gasteiger partial charge in [-0.15, -0.1) is 0 Å². The first kappa shape index (κ1) is 18.4. The molecule has 3 aromatic rings. The smallest absolute Gasteiger partial charge is 0.142 e. The van der Waals surface area contributed by atoms with Crippen molar-refractivity contribution in [2.45, 2.75) is 50.9 Å². The predicted octanol–water partition coefficient (Wildman–Crippen LogP) is 6.09. The normalized spacial score (nSPS) is 21.7. The minimum absolute atomic E-state index is 0.501. The molecule has 6 rings (SSSR count). The Morgan fingerprint density at radius 1 is 0.900 bits per heavy atom. The van der Waals surface area contributed by atoms with E-state index in [9.17, 15) is 0 Å². The van der Waals surface area contributed by atoms with Gasteiger partial charge in [-0.1, -0.05) is 18.2 Å². The number of likely N-dealkylation sites (tertiary alicyclic amines) is 1. The van der Waals surface area contributed by atoms with Crippen molar-refractivity contribution in [3.8, 4) is 22.5 Å². The van der Waals surface area contributed by atoms with Gasteiger partial charge in [0.25, 0.3) is 0 Å². The average Bonchev–Trinajstić information content (AvgIpc) is 3.30. The molecule has 3 heterocycles. The van der Waals surface area contributed by atoms with Crippen molar-refractivity contribution < 1.29 is 4.42 Å². The van der Waals surface area contributed by atoms with Gasteiger partial charge >= 0.3 is 0 Å². The van der Waals surface area contributed by atoms with E-state index in [-0.39, 0.29) is 0 Å². The van der Waals surface area contributed by atoms with E-state index in [0.29, 0.717) is 5.92 Å². The lowest BCUT2D eigenvalue weighted by molar-refractivity contribution is 0.190. The number of aromatic nitrogens is 1. The number of piperidine rings is 1. The maximum atomic E-state index is 6.63. The summed E-state index contributed by atoms with van der Waals surface area (Å²) < 4.78 is 6.63. The molecular weight excluding hydrogens is 368 g/mol. The van der Waals surface area contributed by atoms with E-state index in [1.165, 1.54) is 80.3 Å². The monoisotopic (exact) mass is 398 g/mol. The molecule has 1 aromatic carbocycles. The number of aryl methyl sites for hydroxylation is 2. The molecule has 3 heteroatoms. The summed E-state index contributed by atoms with van der Waals surface area (Å²) in [5, 5.41) is 0. The van der Waals surface area contributed by atoms with E-state index in [1.807, 2.05) is 12.4 Å². The molecule has 2 aliphatic carbocycles. The molecule has 0 radical (unpaired) electrons. The van der Waals surface area contributed by atoms with Crippen LogP contribution in [0.4, 0.5) is 0 Å². The molecule has 2 fully saturated rings. The number of hydrogen-bond acceptors (Lipinski definition) is 3. The molecule has 1 unspecified atom stereocenters. The van der Waals surface area contributed by atoms with E-state index in [2.05, 4.69) is 46.3 Å². The Bertz CT molecular complexity index is 1030. The van der Waals surface area contributed by atoms with E-state index < -0.39 is 0 Å². The average molecular weight is 399 g/mol. The summed E-state index contributed by atoms with van der Waals surface area (Å²) >= 11 is 0. The molecule has 0 spiro atoms. The lowest BCUT2D eigenvalue weighted by Gasteiger charge is -2.31. The molecule has 1 atom stereocenters. The predicted molar refractivity (Wildman–Crippen MR) is 121 cm³/mol. The van der Waals surface area contributed by atoms with Gasteiger partial charge in [-0.3, -0.25) is 4.98 Å². The third kappa shape index (κ3) is 3.60. The summed E-state index contributed by atoms with van der Waals surface area (Å²) in [6, 6.07) is 13.5. The van der Waals surface area contributed by atoms with Crippen molar-refractivity contribution >= 4 is 0 Å². The number of pyridine rings is 1. The quantitative estimate of drug-likeness (QED) is 0.521. The zero-order chi connectivity index (χ0) is 19.9. The molecule has 0 amide bonds. The largest absolute Gasteiger partial charge is 0.460 e. The Morgan fingerprint density at radius 3 is 2.63 bits per heavy atom. The molecule has 0 N–H and O–H groups in total. The summed E-state index contributed by atoms with van der Waals surface area (Å²) in [4.78, 5) is 6.89. The lowest BCUT2D eigenvalue weighted by Crippen LogP contribution is -2.35. The fourth-order valence-corrected chi connectivity index (χ4v) is 5.40. The molecule has 2 aromatic heterocycles. The van der Waals surface area contributed by atoms with Crippen LogP contribution >= 0.6 is 0 Å². The minimum Gasteiger partial charge on any atom is -0.460 e. The Hall–Kier alpha value is -2.39. The van der Waals surface area contributed by atoms with Crippen molar-refractivity contribution in [2.24, 2.45) is 5.92 Å². The summed E-state index contributed by atoms with van der Waals surface area (Å²) in [6.45, 7) is 3.68. The van der Waals surface area contributed by atoms with Gasteiger partial charge in [0.15, 0.2) is 0 Å². The first-order valence-corrected chi connectivity index (χ1v) is 11.7. The highest BCUT2D eigenvalue weighted by atomic mass is 16.3. The van der Waals surface area contributed by atoms with Crippen LogP contribution in [0.15, 0.2) is 53.2 Å². The highest BCUT2D eigenvalue weighted by molar-refractivity contribution is 5.81. The molecular formula is C27H30N2O. The zero-order valence-electron chi connectivity index (χ0n) is 17.6. The van der Waals surface area contributed by atoms with Crippen molar-refractivity contribution in [2.75, 3.05) is 19.6 Å². The number of furan rings is 1. The maximum Gasteiger partial charge on any atom is 0.142 e. The first-order valence-electron chi connectivity index (χ1n) is 11.7. The molecule has 0 bridgehead atoms. The Labute approximate surface area is 179 Å². The fraction of sp³-hybridized carbons (Fsp3) is 0.444. The van der Waals surface area contributed by atoms with Gasteiger partial charge in [0.1, 0.15) is 11.5 Å². The number of hydrogen-bond donors (Lipinski definition) is 0. The highest BCUT2D eigenvalue weighted by Gasteiger charge is 2.30. The van der Waals surface area contributed by atoms with E-state index in [4.69, 9.17) is 4.42 Å². The fourth-order valence-electron chi connectivity index (χ4n) is 5.40. The van der Waals surface area contributed by atoms with Crippen LogP contribution in [-0.2, 0) is 12.8 Å². The molecule has 154 valence electrons. The lowest BCUT2D eigenvalue weighted by atomic mass is 9.93. The topological polar surface area (TPSA) is 29.3 Å². The van der Waals surface area contributed by atoms with Crippen molar-refractivity contribution in [1.29, 1.82) is 0 Å². The number of fused-ring (bicyclic) bond motifs is 1. The van der Waals surface area contributed by atoms with Gasteiger partial charge in [0.2, 0.25) is 0 Å².